The number of carbonyl (C=O) groups excluding carboxylic acids is 2. The van der Waals surface area contributed by atoms with Crippen LogP contribution in [0.2, 0.25) is 0 Å². The summed E-state index contributed by atoms with van der Waals surface area (Å²) in [5, 5.41) is 20.6. The number of benzene rings is 1. The molecular formula is C17H20N2O5. The van der Waals surface area contributed by atoms with E-state index in [0.717, 1.165) is 23.0 Å². The van der Waals surface area contributed by atoms with E-state index < -0.39 is 18.3 Å². The second-order valence-electron chi connectivity index (χ2n) is 5.73. The predicted octanol–water partition coefficient (Wildman–Crippen LogP) is 1.20. The molecule has 2 aromatic rings. The maximum Gasteiger partial charge on any atom is 0.373 e. The van der Waals surface area contributed by atoms with E-state index in [1.807, 2.05) is 25.1 Å². The SMILES string of the molecule is Cc1cc(N)c2c(OC3CCCC(O)C3O)cccc2n1.O=C=O. The lowest BCUT2D eigenvalue weighted by Crippen LogP contribution is -2.44. The molecule has 1 aromatic heterocycles. The Morgan fingerprint density at radius 2 is 2.00 bits per heavy atom. The van der Waals surface area contributed by atoms with Gasteiger partial charge in [0.15, 0.2) is 0 Å². The molecule has 3 atom stereocenters. The highest BCUT2D eigenvalue weighted by molar-refractivity contribution is 5.95. The van der Waals surface area contributed by atoms with Gasteiger partial charge in [-0.05, 0) is 44.4 Å². The molecule has 7 nitrogen and oxygen atoms in total. The molecule has 1 fully saturated rings. The molecule has 0 aliphatic heterocycles. The molecule has 4 N–H and O–H groups in total. The Hall–Kier alpha value is -2.47. The minimum atomic E-state index is -0.867. The lowest BCUT2D eigenvalue weighted by atomic mass is 9.92. The van der Waals surface area contributed by atoms with Gasteiger partial charge in [-0.2, -0.15) is 9.59 Å². The van der Waals surface area contributed by atoms with E-state index in [-0.39, 0.29) is 6.15 Å². The molecule has 128 valence electrons. The third-order valence-corrected chi connectivity index (χ3v) is 4.00. The van der Waals surface area contributed by atoms with Crippen molar-refractivity contribution in [1.29, 1.82) is 0 Å². The van der Waals surface area contributed by atoms with Crippen molar-refractivity contribution in [2.75, 3.05) is 5.73 Å². The van der Waals surface area contributed by atoms with Gasteiger partial charge >= 0.3 is 6.15 Å². The Bertz CT molecular complexity index is 743. The van der Waals surface area contributed by atoms with Crippen LogP contribution in [0.15, 0.2) is 24.3 Å². The Kier molecular flexibility index (Phi) is 5.87. The summed E-state index contributed by atoms with van der Waals surface area (Å²) in [6.45, 7) is 1.89. The summed E-state index contributed by atoms with van der Waals surface area (Å²) in [5.74, 6) is 0.607. The molecular weight excluding hydrogens is 312 g/mol. The molecule has 1 saturated carbocycles. The number of pyridine rings is 1. The van der Waals surface area contributed by atoms with Gasteiger partial charge in [-0.3, -0.25) is 4.98 Å². The van der Waals surface area contributed by atoms with Crippen molar-refractivity contribution in [3.63, 3.8) is 0 Å². The van der Waals surface area contributed by atoms with Crippen LogP contribution >= 0.6 is 0 Å². The maximum absolute atomic E-state index is 10.1. The number of aliphatic hydroxyl groups is 2. The summed E-state index contributed by atoms with van der Waals surface area (Å²) < 4.78 is 5.94. The van der Waals surface area contributed by atoms with Crippen LogP contribution in [0.25, 0.3) is 10.9 Å². The Balaban J connectivity index is 0.000000647. The molecule has 0 saturated heterocycles. The van der Waals surface area contributed by atoms with Gasteiger partial charge in [-0.25, -0.2) is 0 Å². The first-order valence-corrected chi connectivity index (χ1v) is 7.65. The lowest BCUT2D eigenvalue weighted by Gasteiger charge is -2.32. The number of fused-ring (bicyclic) bond motifs is 1. The van der Waals surface area contributed by atoms with Crippen molar-refractivity contribution in [3.8, 4) is 5.75 Å². The molecule has 0 bridgehead atoms. The normalized spacial score (nSPS) is 23.0. The zero-order chi connectivity index (χ0) is 17.7. The molecule has 3 unspecified atom stereocenters. The monoisotopic (exact) mass is 332 g/mol. The van der Waals surface area contributed by atoms with Crippen molar-refractivity contribution < 1.29 is 24.5 Å². The molecule has 1 aliphatic carbocycles. The van der Waals surface area contributed by atoms with Gasteiger partial charge in [0.05, 0.1) is 17.0 Å². The fourth-order valence-corrected chi connectivity index (χ4v) is 2.93. The molecule has 3 rings (SSSR count). The number of aromatic nitrogens is 1. The molecule has 1 aromatic carbocycles. The van der Waals surface area contributed by atoms with Crippen molar-refractivity contribution in [2.45, 2.75) is 44.5 Å². The number of ether oxygens (including phenoxy) is 1. The fraction of sp³-hybridized carbons (Fsp3) is 0.412. The van der Waals surface area contributed by atoms with E-state index >= 15 is 0 Å². The highest BCUT2D eigenvalue weighted by atomic mass is 16.5. The number of aliphatic hydroxyl groups excluding tert-OH is 2. The topological polar surface area (TPSA) is 123 Å². The molecule has 0 amide bonds. The number of nitrogens with zero attached hydrogens (tertiary/aromatic N) is 1. The van der Waals surface area contributed by atoms with Crippen LogP contribution in [0.1, 0.15) is 25.0 Å². The first-order valence-electron chi connectivity index (χ1n) is 7.65. The Labute approximate surface area is 139 Å². The zero-order valence-corrected chi connectivity index (χ0v) is 13.3. The predicted molar refractivity (Wildman–Crippen MR) is 86.2 cm³/mol. The quantitative estimate of drug-likeness (QED) is 0.755. The largest absolute Gasteiger partial charge is 0.487 e. The average molecular weight is 332 g/mol. The summed E-state index contributed by atoms with van der Waals surface area (Å²) in [4.78, 5) is 20.7. The number of hydrogen-bond acceptors (Lipinski definition) is 7. The Morgan fingerprint density at radius 3 is 2.71 bits per heavy atom. The maximum atomic E-state index is 10.1. The van der Waals surface area contributed by atoms with Crippen LogP contribution < -0.4 is 10.5 Å². The fourth-order valence-electron chi connectivity index (χ4n) is 2.93. The van der Waals surface area contributed by atoms with Gasteiger partial charge in [0.1, 0.15) is 18.0 Å². The summed E-state index contributed by atoms with van der Waals surface area (Å²) >= 11 is 0. The van der Waals surface area contributed by atoms with Gasteiger partial charge in [-0.1, -0.05) is 6.07 Å². The molecule has 0 spiro atoms. The van der Waals surface area contributed by atoms with Crippen molar-refractivity contribution in [1.82, 2.24) is 4.98 Å². The van der Waals surface area contributed by atoms with Crippen molar-refractivity contribution in [3.05, 3.63) is 30.0 Å². The summed E-state index contributed by atoms with van der Waals surface area (Å²) in [6.07, 6.45) is 0.401. The van der Waals surface area contributed by atoms with E-state index in [9.17, 15) is 10.2 Å². The van der Waals surface area contributed by atoms with Gasteiger partial charge in [0, 0.05) is 11.4 Å². The highest BCUT2D eigenvalue weighted by Gasteiger charge is 2.32. The van der Waals surface area contributed by atoms with Gasteiger partial charge in [-0.15, -0.1) is 0 Å². The van der Waals surface area contributed by atoms with Crippen LogP contribution in [0.3, 0.4) is 0 Å². The van der Waals surface area contributed by atoms with Crippen LogP contribution in [0, 0.1) is 6.92 Å². The summed E-state index contributed by atoms with van der Waals surface area (Å²) in [7, 11) is 0. The third-order valence-electron chi connectivity index (χ3n) is 4.00. The second kappa shape index (κ2) is 7.88. The van der Waals surface area contributed by atoms with Gasteiger partial charge in [0.2, 0.25) is 0 Å². The van der Waals surface area contributed by atoms with Crippen molar-refractivity contribution >= 4 is 22.7 Å². The average Bonchev–Trinajstić information content (AvgIpc) is 2.52. The molecule has 1 heterocycles. The van der Waals surface area contributed by atoms with E-state index in [1.54, 1.807) is 6.07 Å². The number of nitrogens with two attached hydrogens (primary N) is 1. The minimum absolute atomic E-state index is 0.250. The minimum Gasteiger partial charge on any atom is -0.487 e. The van der Waals surface area contributed by atoms with E-state index in [4.69, 9.17) is 20.1 Å². The standard InChI is InChI=1S/C16H20N2O3.CO2/c1-9-8-10(17)15-11(18-9)4-2-6-13(15)21-14-7-3-5-12(19)16(14)20;2-1-3/h2,4,6,8,12,14,16,19-20H,3,5,7H2,1H3,(H2,17,18);. The third kappa shape index (κ3) is 3.89. The molecule has 24 heavy (non-hydrogen) atoms. The second-order valence-corrected chi connectivity index (χ2v) is 5.73. The first-order chi connectivity index (χ1) is 11.5. The highest BCUT2D eigenvalue weighted by Crippen LogP contribution is 2.33. The lowest BCUT2D eigenvalue weighted by molar-refractivity contribution is -0.191. The van der Waals surface area contributed by atoms with E-state index in [1.165, 1.54) is 0 Å². The number of nitrogen functional groups attached to an aromatic ring is 1. The van der Waals surface area contributed by atoms with E-state index in [0.29, 0.717) is 24.3 Å². The Morgan fingerprint density at radius 1 is 1.29 bits per heavy atom. The number of anilines is 1. The van der Waals surface area contributed by atoms with E-state index in [2.05, 4.69) is 4.98 Å². The smallest absolute Gasteiger partial charge is 0.373 e. The molecule has 0 radical (unpaired) electrons. The first kappa shape index (κ1) is 17.9. The summed E-state index contributed by atoms with van der Waals surface area (Å²) in [6, 6.07) is 7.37. The molecule has 7 heteroatoms. The van der Waals surface area contributed by atoms with Gasteiger partial charge in [0.25, 0.3) is 0 Å². The van der Waals surface area contributed by atoms with Gasteiger partial charge < -0.3 is 20.7 Å². The zero-order valence-electron chi connectivity index (χ0n) is 13.3. The molecule has 1 aliphatic rings. The van der Waals surface area contributed by atoms with Crippen LogP contribution in [0.5, 0.6) is 5.75 Å². The number of aryl methyl sites for hydroxylation is 1. The number of rotatable bonds is 2. The van der Waals surface area contributed by atoms with Crippen molar-refractivity contribution in [2.24, 2.45) is 0 Å². The van der Waals surface area contributed by atoms with Crippen LogP contribution in [0.4, 0.5) is 5.69 Å². The summed E-state index contributed by atoms with van der Waals surface area (Å²) in [5.41, 5.74) is 8.33. The van der Waals surface area contributed by atoms with Crippen LogP contribution in [-0.2, 0) is 9.59 Å². The van der Waals surface area contributed by atoms with Crippen LogP contribution in [-0.4, -0.2) is 39.7 Å². The number of hydrogen-bond donors (Lipinski definition) is 3.